The van der Waals surface area contributed by atoms with Crippen molar-refractivity contribution in [2.75, 3.05) is 6.61 Å². The second-order valence-corrected chi connectivity index (χ2v) is 3.48. The highest BCUT2D eigenvalue weighted by atomic mass is 16.5. The van der Waals surface area contributed by atoms with Crippen LogP contribution in [0.2, 0.25) is 0 Å². The van der Waals surface area contributed by atoms with Crippen LogP contribution in [-0.4, -0.2) is 6.61 Å². The van der Waals surface area contributed by atoms with Gasteiger partial charge in [0.15, 0.2) is 0 Å². The van der Waals surface area contributed by atoms with E-state index in [1.165, 1.54) is 0 Å². The fourth-order valence-corrected chi connectivity index (χ4v) is 1.06. The molecular formula is C10H17NO2. The maximum absolute atomic E-state index is 5.51. The van der Waals surface area contributed by atoms with Gasteiger partial charge in [-0.1, -0.05) is 13.8 Å². The molecule has 1 aromatic heterocycles. The van der Waals surface area contributed by atoms with Crippen molar-refractivity contribution in [2.24, 2.45) is 11.7 Å². The molecule has 3 nitrogen and oxygen atoms in total. The van der Waals surface area contributed by atoms with Crippen molar-refractivity contribution < 1.29 is 9.15 Å². The SMILES string of the molecule is CC(C)COCc1occc1CN. The molecule has 0 saturated heterocycles. The van der Waals surface area contributed by atoms with Gasteiger partial charge in [0, 0.05) is 18.7 Å². The summed E-state index contributed by atoms with van der Waals surface area (Å²) in [5.41, 5.74) is 6.54. The van der Waals surface area contributed by atoms with E-state index in [0.29, 0.717) is 19.1 Å². The average molecular weight is 183 g/mol. The third-order valence-corrected chi connectivity index (χ3v) is 1.74. The summed E-state index contributed by atoms with van der Waals surface area (Å²) in [4.78, 5) is 0. The quantitative estimate of drug-likeness (QED) is 0.758. The molecule has 1 aromatic rings. The lowest BCUT2D eigenvalue weighted by atomic mass is 10.2. The fraction of sp³-hybridized carbons (Fsp3) is 0.600. The van der Waals surface area contributed by atoms with E-state index in [9.17, 15) is 0 Å². The second-order valence-electron chi connectivity index (χ2n) is 3.48. The predicted octanol–water partition coefficient (Wildman–Crippen LogP) is 1.91. The van der Waals surface area contributed by atoms with Gasteiger partial charge < -0.3 is 14.9 Å². The largest absolute Gasteiger partial charge is 0.467 e. The van der Waals surface area contributed by atoms with Crippen LogP contribution in [-0.2, 0) is 17.9 Å². The normalized spacial score (nSPS) is 11.1. The van der Waals surface area contributed by atoms with Crippen molar-refractivity contribution in [1.29, 1.82) is 0 Å². The predicted molar refractivity (Wildman–Crippen MR) is 51.1 cm³/mol. The summed E-state index contributed by atoms with van der Waals surface area (Å²) in [6, 6.07) is 1.88. The Morgan fingerprint density at radius 1 is 1.54 bits per heavy atom. The Bertz CT molecular complexity index is 243. The summed E-state index contributed by atoms with van der Waals surface area (Å²) in [6.07, 6.45) is 1.65. The summed E-state index contributed by atoms with van der Waals surface area (Å²) >= 11 is 0. The Balaban J connectivity index is 2.36. The van der Waals surface area contributed by atoms with E-state index in [0.717, 1.165) is 17.9 Å². The molecule has 0 aliphatic rings. The minimum atomic E-state index is 0.511. The number of ether oxygens (including phenoxy) is 1. The van der Waals surface area contributed by atoms with E-state index in [1.807, 2.05) is 6.07 Å². The zero-order valence-corrected chi connectivity index (χ0v) is 8.25. The minimum Gasteiger partial charge on any atom is -0.467 e. The molecule has 0 radical (unpaired) electrons. The van der Waals surface area contributed by atoms with Gasteiger partial charge in [0.05, 0.1) is 6.26 Å². The van der Waals surface area contributed by atoms with Gasteiger partial charge in [-0.3, -0.25) is 0 Å². The Kier molecular flexibility index (Phi) is 3.99. The van der Waals surface area contributed by atoms with Crippen molar-refractivity contribution in [3.8, 4) is 0 Å². The third-order valence-electron chi connectivity index (χ3n) is 1.74. The van der Waals surface area contributed by atoms with E-state index < -0.39 is 0 Å². The summed E-state index contributed by atoms with van der Waals surface area (Å²) in [5.74, 6) is 1.40. The van der Waals surface area contributed by atoms with Crippen molar-refractivity contribution in [3.05, 3.63) is 23.7 Å². The number of hydrogen-bond donors (Lipinski definition) is 1. The topological polar surface area (TPSA) is 48.4 Å². The number of nitrogens with two attached hydrogens (primary N) is 1. The highest BCUT2D eigenvalue weighted by Crippen LogP contribution is 2.11. The maximum Gasteiger partial charge on any atom is 0.133 e. The van der Waals surface area contributed by atoms with Gasteiger partial charge in [-0.25, -0.2) is 0 Å². The zero-order valence-electron chi connectivity index (χ0n) is 8.25. The van der Waals surface area contributed by atoms with Crippen molar-refractivity contribution in [1.82, 2.24) is 0 Å². The van der Waals surface area contributed by atoms with Crippen LogP contribution in [0.4, 0.5) is 0 Å². The van der Waals surface area contributed by atoms with E-state index >= 15 is 0 Å². The Hall–Kier alpha value is -0.800. The van der Waals surface area contributed by atoms with E-state index in [4.69, 9.17) is 14.9 Å². The lowest BCUT2D eigenvalue weighted by Crippen LogP contribution is -2.04. The molecule has 1 heterocycles. The van der Waals surface area contributed by atoms with Crippen molar-refractivity contribution >= 4 is 0 Å². The van der Waals surface area contributed by atoms with Crippen molar-refractivity contribution in [3.63, 3.8) is 0 Å². The maximum atomic E-state index is 5.51. The first-order chi connectivity index (χ1) is 6.24. The van der Waals surface area contributed by atoms with E-state index in [2.05, 4.69) is 13.8 Å². The van der Waals surface area contributed by atoms with Crippen LogP contribution >= 0.6 is 0 Å². The molecule has 2 N–H and O–H groups in total. The van der Waals surface area contributed by atoms with Gasteiger partial charge in [0.1, 0.15) is 12.4 Å². The first-order valence-electron chi connectivity index (χ1n) is 4.57. The van der Waals surface area contributed by atoms with Gasteiger partial charge in [-0.2, -0.15) is 0 Å². The molecule has 1 rings (SSSR count). The smallest absolute Gasteiger partial charge is 0.133 e. The first kappa shape index (κ1) is 10.3. The molecule has 0 aliphatic heterocycles. The monoisotopic (exact) mass is 183 g/mol. The molecule has 0 bridgehead atoms. The molecule has 0 amide bonds. The summed E-state index contributed by atoms with van der Waals surface area (Å²) in [5, 5.41) is 0. The second kappa shape index (κ2) is 5.04. The van der Waals surface area contributed by atoms with Crippen LogP contribution in [0.5, 0.6) is 0 Å². The van der Waals surface area contributed by atoms with E-state index in [-0.39, 0.29) is 0 Å². The molecule has 74 valence electrons. The van der Waals surface area contributed by atoms with Crippen LogP contribution in [0, 0.1) is 5.92 Å². The van der Waals surface area contributed by atoms with Gasteiger partial charge in [0.25, 0.3) is 0 Å². The average Bonchev–Trinajstić information content (AvgIpc) is 2.51. The molecular weight excluding hydrogens is 166 g/mol. The molecule has 0 aliphatic carbocycles. The lowest BCUT2D eigenvalue weighted by molar-refractivity contribution is 0.0839. The van der Waals surface area contributed by atoms with Gasteiger partial charge in [0.2, 0.25) is 0 Å². The summed E-state index contributed by atoms with van der Waals surface area (Å²) in [7, 11) is 0. The first-order valence-corrected chi connectivity index (χ1v) is 4.57. The van der Waals surface area contributed by atoms with Gasteiger partial charge in [-0.05, 0) is 12.0 Å². The molecule has 0 fully saturated rings. The van der Waals surface area contributed by atoms with Crippen LogP contribution in [0.25, 0.3) is 0 Å². The highest BCUT2D eigenvalue weighted by molar-refractivity contribution is 5.15. The fourth-order valence-electron chi connectivity index (χ4n) is 1.06. The molecule has 13 heavy (non-hydrogen) atoms. The van der Waals surface area contributed by atoms with Crippen LogP contribution in [0.15, 0.2) is 16.7 Å². The highest BCUT2D eigenvalue weighted by Gasteiger charge is 2.04. The van der Waals surface area contributed by atoms with Crippen LogP contribution in [0.3, 0.4) is 0 Å². The molecule has 0 saturated carbocycles. The molecule has 3 heteroatoms. The van der Waals surface area contributed by atoms with Crippen LogP contribution in [0.1, 0.15) is 25.2 Å². The number of hydrogen-bond acceptors (Lipinski definition) is 3. The van der Waals surface area contributed by atoms with E-state index in [1.54, 1.807) is 6.26 Å². The standard InChI is InChI=1S/C10H17NO2/c1-8(2)6-12-7-10-9(5-11)3-4-13-10/h3-4,8H,5-7,11H2,1-2H3. The lowest BCUT2D eigenvalue weighted by Gasteiger charge is -2.05. The molecule has 0 spiro atoms. The zero-order chi connectivity index (χ0) is 9.68. The number of rotatable bonds is 5. The van der Waals surface area contributed by atoms with Crippen molar-refractivity contribution in [2.45, 2.75) is 27.0 Å². The number of furan rings is 1. The van der Waals surface area contributed by atoms with Gasteiger partial charge >= 0.3 is 0 Å². The minimum absolute atomic E-state index is 0.511. The Morgan fingerprint density at radius 3 is 2.92 bits per heavy atom. The summed E-state index contributed by atoms with van der Waals surface area (Å²) in [6.45, 7) is 6.03. The Morgan fingerprint density at radius 2 is 2.31 bits per heavy atom. The molecule has 0 aromatic carbocycles. The van der Waals surface area contributed by atoms with Crippen LogP contribution < -0.4 is 5.73 Å². The molecule has 0 atom stereocenters. The van der Waals surface area contributed by atoms with Gasteiger partial charge in [-0.15, -0.1) is 0 Å². The third kappa shape index (κ3) is 3.20. The molecule has 0 unspecified atom stereocenters. The Labute approximate surface area is 78.9 Å². The summed E-state index contributed by atoms with van der Waals surface area (Å²) < 4.78 is 10.7.